The molecule has 3 saturated carbocycles. The van der Waals surface area contributed by atoms with Gasteiger partial charge in [0.2, 0.25) is 0 Å². The van der Waals surface area contributed by atoms with Crippen molar-refractivity contribution in [1.82, 2.24) is 0 Å². The maximum Gasteiger partial charge on any atom is 0.139 e. The van der Waals surface area contributed by atoms with Crippen LogP contribution < -0.4 is 0 Å². The average molecular weight is 375 g/mol. The van der Waals surface area contributed by atoms with Gasteiger partial charge in [0, 0.05) is 31.3 Å². The van der Waals surface area contributed by atoms with E-state index in [1.54, 1.807) is 0 Å². The van der Waals surface area contributed by atoms with Gasteiger partial charge < -0.3 is 10.2 Å². The topological polar surface area (TPSA) is 74.6 Å². The SMILES string of the molecule is C[C@]12C[C@H](CCCCCO)C3=C4CCC(=O)C[C@]4(O)CC[C@H]3[C@@H]1CCC2=O. The average Bonchev–Trinajstić information content (AvgIpc) is 2.92. The molecular weight excluding hydrogens is 340 g/mol. The van der Waals surface area contributed by atoms with Crippen molar-refractivity contribution < 1.29 is 19.8 Å². The molecule has 2 N–H and O–H groups in total. The van der Waals surface area contributed by atoms with Crippen LogP contribution in [0.2, 0.25) is 0 Å². The molecule has 0 spiro atoms. The number of aliphatic hydroxyl groups excluding tert-OH is 1. The van der Waals surface area contributed by atoms with Crippen molar-refractivity contribution in [2.75, 3.05) is 6.61 Å². The van der Waals surface area contributed by atoms with E-state index in [9.17, 15) is 14.7 Å². The van der Waals surface area contributed by atoms with Crippen LogP contribution in [0.15, 0.2) is 11.1 Å². The molecule has 3 fully saturated rings. The van der Waals surface area contributed by atoms with Crippen LogP contribution in [0.4, 0.5) is 0 Å². The van der Waals surface area contributed by atoms with Crippen LogP contribution in [0.25, 0.3) is 0 Å². The largest absolute Gasteiger partial charge is 0.396 e. The standard InChI is InChI=1S/C23H34O4/c1-22-13-15(5-3-2-4-12-24)21-17(18(22)8-9-20(22)26)10-11-23(27)14-16(25)6-7-19(21)23/h15,17-18,24,27H,2-14H2,1H3/t15-,17-,18-,22-,23+/m0/s1. The van der Waals surface area contributed by atoms with E-state index in [1.807, 2.05) is 0 Å². The summed E-state index contributed by atoms with van der Waals surface area (Å²) in [6, 6.07) is 0. The second-order valence-electron chi connectivity index (χ2n) is 9.79. The lowest BCUT2D eigenvalue weighted by atomic mass is 9.52. The van der Waals surface area contributed by atoms with E-state index in [4.69, 9.17) is 5.11 Å². The molecule has 0 aliphatic heterocycles. The number of hydrogen-bond acceptors (Lipinski definition) is 4. The molecule has 4 nitrogen and oxygen atoms in total. The molecule has 4 heteroatoms. The van der Waals surface area contributed by atoms with E-state index in [0.717, 1.165) is 44.9 Å². The Balaban J connectivity index is 1.70. The molecule has 27 heavy (non-hydrogen) atoms. The molecule has 0 aromatic rings. The summed E-state index contributed by atoms with van der Waals surface area (Å²) < 4.78 is 0. The zero-order valence-electron chi connectivity index (χ0n) is 16.6. The summed E-state index contributed by atoms with van der Waals surface area (Å²) in [7, 11) is 0. The van der Waals surface area contributed by atoms with Crippen LogP contribution in [0.1, 0.15) is 84.0 Å². The molecule has 4 aliphatic carbocycles. The first kappa shape index (κ1) is 19.3. The van der Waals surface area contributed by atoms with E-state index >= 15 is 0 Å². The maximum atomic E-state index is 12.8. The summed E-state index contributed by atoms with van der Waals surface area (Å²) in [6.07, 6.45) is 9.71. The fourth-order valence-corrected chi connectivity index (χ4v) is 6.98. The first-order valence-corrected chi connectivity index (χ1v) is 11.0. The van der Waals surface area contributed by atoms with Crippen molar-refractivity contribution in [2.24, 2.45) is 23.2 Å². The maximum absolute atomic E-state index is 12.8. The second-order valence-corrected chi connectivity index (χ2v) is 9.79. The Morgan fingerprint density at radius 3 is 2.67 bits per heavy atom. The molecule has 4 aliphatic rings. The highest BCUT2D eigenvalue weighted by Gasteiger charge is 2.58. The lowest BCUT2D eigenvalue weighted by Gasteiger charge is -2.53. The van der Waals surface area contributed by atoms with Crippen molar-refractivity contribution in [2.45, 2.75) is 89.6 Å². The summed E-state index contributed by atoms with van der Waals surface area (Å²) in [5, 5.41) is 20.4. The molecule has 4 rings (SSSR count). The number of rotatable bonds is 5. The zero-order valence-corrected chi connectivity index (χ0v) is 16.6. The van der Waals surface area contributed by atoms with Gasteiger partial charge in [0.15, 0.2) is 0 Å². The number of carbonyl (C=O) groups is 2. The van der Waals surface area contributed by atoms with E-state index in [-0.39, 0.29) is 24.2 Å². The highest BCUT2D eigenvalue weighted by atomic mass is 16.3. The fourth-order valence-electron chi connectivity index (χ4n) is 6.98. The van der Waals surface area contributed by atoms with Gasteiger partial charge in [-0.05, 0) is 68.3 Å². The summed E-state index contributed by atoms with van der Waals surface area (Å²) >= 11 is 0. The molecular formula is C23H34O4. The lowest BCUT2D eigenvalue weighted by molar-refractivity contribution is -0.129. The molecule has 0 radical (unpaired) electrons. The smallest absolute Gasteiger partial charge is 0.139 e. The number of aliphatic hydroxyl groups is 2. The van der Waals surface area contributed by atoms with Crippen LogP contribution in [-0.2, 0) is 9.59 Å². The number of allylic oxidation sites excluding steroid dienone is 1. The third-order valence-electron chi connectivity index (χ3n) is 8.27. The Morgan fingerprint density at radius 2 is 1.89 bits per heavy atom. The van der Waals surface area contributed by atoms with Crippen molar-refractivity contribution in [3.8, 4) is 0 Å². The van der Waals surface area contributed by atoms with Gasteiger partial charge in [-0.25, -0.2) is 0 Å². The van der Waals surface area contributed by atoms with Crippen LogP contribution in [0, 0.1) is 23.2 Å². The Kier molecular flexibility index (Phi) is 5.09. The Morgan fingerprint density at radius 1 is 1.07 bits per heavy atom. The molecule has 0 heterocycles. The monoisotopic (exact) mass is 374 g/mol. The summed E-state index contributed by atoms with van der Waals surface area (Å²) in [4.78, 5) is 24.8. The third-order valence-corrected chi connectivity index (χ3v) is 8.27. The molecule has 0 saturated heterocycles. The van der Waals surface area contributed by atoms with Crippen molar-refractivity contribution >= 4 is 11.6 Å². The number of Topliss-reactive ketones (excluding diaryl/α,β-unsaturated/α-hetero) is 2. The highest BCUT2D eigenvalue weighted by molar-refractivity contribution is 5.87. The van der Waals surface area contributed by atoms with E-state index in [2.05, 4.69) is 6.92 Å². The van der Waals surface area contributed by atoms with Crippen LogP contribution in [0.5, 0.6) is 0 Å². The predicted octanol–water partition coefficient (Wildman–Crippen LogP) is 3.74. The minimum atomic E-state index is -0.916. The van der Waals surface area contributed by atoms with Gasteiger partial charge >= 0.3 is 0 Å². The Labute approximate surface area is 162 Å². The van der Waals surface area contributed by atoms with E-state index in [1.165, 1.54) is 11.1 Å². The van der Waals surface area contributed by atoms with E-state index in [0.29, 0.717) is 49.2 Å². The summed E-state index contributed by atoms with van der Waals surface area (Å²) in [5.41, 5.74) is 1.50. The number of unbranched alkanes of at least 4 members (excludes halogenated alkanes) is 2. The zero-order chi connectivity index (χ0) is 19.2. The van der Waals surface area contributed by atoms with E-state index < -0.39 is 5.60 Å². The molecule has 0 amide bonds. The second kappa shape index (κ2) is 7.11. The minimum absolute atomic E-state index is 0.191. The first-order chi connectivity index (χ1) is 12.9. The Hall–Kier alpha value is -1.00. The quantitative estimate of drug-likeness (QED) is 0.568. The molecule has 0 unspecified atom stereocenters. The number of ketones is 2. The van der Waals surface area contributed by atoms with Gasteiger partial charge in [0.05, 0.1) is 5.60 Å². The molecule has 0 bridgehead atoms. The van der Waals surface area contributed by atoms with Gasteiger partial charge in [-0.15, -0.1) is 0 Å². The van der Waals surface area contributed by atoms with Crippen molar-refractivity contribution in [1.29, 1.82) is 0 Å². The van der Waals surface area contributed by atoms with Crippen molar-refractivity contribution in [3.05, 3.63) is 11.1 Å². The highest BCUT2D eigenvalue weighted by Crippen LogP contribution is 2.62. The molecule has 0 aromatic heterocycles. The van der Waals surface area contributed by atoms with Crippen molar-refractivity contribution in [3.63, 3.8) is 0 Å². The van der Waals surface area contributed by atoms with Gasteiger partial charge in [0.1, 0.15) is 11.6 Å². The number of fused-ring (bicyclic) bond motifs is 4. The molecule has 0 aromatic carbocycles. The lowest BCUT2D eigenvalue weighted by Crippen LogP contribution is -2.50. The normalized spacial score (nSPS) is 41.4. The molecule has 5 atom stereocenters. The Bertz CT molecular complexity index is 665. The van der Waals surface area contributed by atoms with Gasteiger partial charge in [-0.3, -0.25) is 9.59 Å². The van der Waals surface area contributed by atoms with Gasteiger partial charge in [-0.2, -0.15) is 0 Å². The summed E-state index contributed by atoms with van der Waals surface area (Å²) in [5.74, 6) is 1.82. The fraction of sp³-hybridized carbons (Fsp3) is 0.826. The minimum Gasteiger partial charge on any atom is -0.396 e. The van der Waals surface area contributed by atoms with Crippen LogP contribution in [-0.4, -0.2) is 34.0 Å². The summed E-state index contributed by atoms with van der Waals surface area (Å²) in [6.45, 7) is 2.43. The molecule has 150 valence electrons. The van der Waals surface area contributed by atoms with Crippen LogP contribution >= 0.6 is 0 Å². The predicted molar refractivity (Wildman–Crippen MR) is 103 cm³/mol. The number of carbonyl (C=O) groups excluding carboxylic acids is 2. The van der Waals surface area contributed by atoms with Gasteiger partial charge in [-0.1, -0.05) is 25.3 Å². The first-order valence-electron chi connectivity index (χ1n) is 11.0. The van der Waals surface area contributed by atoms with Gasteiger partial charge in [0.25, 0.3) is 0 Å². The van der Waals surface area contributed by atoms with Crippen LogP contribution in [0.3, 0.4) is 0 Å². The number of hydrogen-bond donors (Lipinski definition) is 2. The third kappa shape index (κ3) is 3.13.